The summed E-state index contributed by atoms with van der Waals surface area (Å²) >= 11 is 1.76. The molecule has 2 rings (SSSR count). The zero-order chi connectivity index (χ0) is 14.8. The predicted molar refractivity (Wildman–Crippen MR) is 87.1 cm³/mol. The zero-order valence-corrected chi connectivity index (χ0v) is 13.8. The molecule has 0 aliphatic carbocycles. The summed E-state index contributed by atoms with van der Waals surface area (Å²) < 4.78 is 11.9. The highest BCUT2D eigenvalue weighted by molar-refractivity contribution is 7.98. The van der Waals surface area contributed by atoms with Crippen LogP contribution in [0.1, 0.15) is 33.3 Å². The minimum atomic E-state index is -0.262. The lowest BCUT2D eigenvalue weighted by Crippen LogP contribution is -2.41. The monoisotopic (exact) mass is 290 g/mol. The normalized spacial score (nSPS) is 20.8. The van der Waals surface area contributed by atoms with Crippen LogP contribution in [-0.4, -0.2) is 24.6 Å². The summed E-state index contributed by atoms with van der Waals surface area (Å²) in [6, 6.07) is 8.64. The van der Waals surface area contributed by atoms with Crippen LogP contribution in [0, 0.1) is 0 Å². The van der Waals surface area contributed by atoms with Crippen LogP contribution in [-0.2, 0) is 15.7 Å². The Morgan fingerprint density at radius 3 is 2.10 bits per heavy atom. The Labute approximate surface area is 127 Å². The van der Waals surface area contributed by atoms with Crippen molar-refractivity contribution in [3.05, 3.63) is 41.9 Å². The number of hydrogen-bond acceptors (Lipinski definition) is 3. The fourth-order valence-corrected chi connectivity index (χ4v) is 2.45. The lowest BCUT2D eigenvalue weighted by Gasteiger charge is -2.32. The van der Waals surface area contributed by atoms with E-state index in [4.69, 9.17) is 9.31 Å². The summed E-state index contributed by atoms with van der Waals surface area (Å²) in [6.07, 6.45) is 5.11. The largest absolute Gasteiger partial charge is 0.486 e. The van der Waals surface area contributed by atoms with E-state index in [-0.39, 0.29) is 18.3 Å². The van der Waals surface area contributed by atoms with E-state index >= 15 is 0 Å². The molecule has 1 aromatic carbocycles. The van der Waals surface area contributed by atoms with Gasteiger partial charge in [-0.25, -0.2) is 0 Å². The Kier molecular flexibility index (Phi) is 4.67. The van der Waals surface area contributed by atoms with Crippen molar-refractivity contribution in [2.75, 3.05) is 6.26 Å². The zero-order valence-electron chi connectivity index (χ0n) is 13.0. The lowest BCUT2D eigenvalue weighted by molar-refractivity contribution is 0.00578. The van der Waals surface area contributed by atoms with E-state index in [0.717, 1.165) is 6.42 Å². The van der Waals surface area contributed by atoms with E-state index in [0.29, 0.717) is 0 Å². The summed E-state index contributed by atoms with van der Waals surface area (Å²) in [6.45, 7) is 8.29. The van der Waals surface area contributed by atoms with Gasteiger partial charge in [0.2, 0.25) is 0 Å². The third-order valence-electron chi connectivity index (χ3n) is 4.08. The highest BCUT2D eigenvalue weighted by atomic mass is 32.2. The Balaban J connectivity index is 1.91. The number of allylic oxidation sites excluding steroid dienone is 1. The first kappa shape index (κ1) is 15.7. The maximum absolute atomic E-state index is 5.93. The second kappa shape index (κ2) is 5.96. The molecule has 0 amide bonds. The van der Waals surface area contributed by atoms with Crippen LogP contribution < -0.4 is 0 Å². The van der Waals surface area contributed by atoms with Crippen molar-refractivity contribution < 1.29 is 9.31 Å². The van der Waals surface area contributed by atoms with Crippen LogP contribution in [0.15, 0.2) is 41.2 Å². The van der Waals surface area contributed by atoms with Crippen LogP contribution in [0.25, 0.3) is 0 Å². The maximum Gasteiger partial charge on any atom is 0.486 e. The fraction of sp³-hybridized carbons (Fsp3) is 0.500. The molecule has 0 saturated carbocycles. The standard InChI is InChI=1S/C16H23BO2S/c1-15(2)16(3,4)19-17(18-15)12-6-7-13-8-10-14(20-5)11-9-13/h6,8-12H,7H2,1-5H3/b12-6+. The molecule has 0 bridgehead atoms. The van der Waals surface area contributed by atoms with E-state index in [1.165, 1.54) is 10.5 Å². The molecule has 4 heteroatoms. The molecule has 108 valence electrons. The number of benzene rings is 1. The molecule has 0 radical (unpaired) electrons. The van der Waals surface area contributed by atoms with E-state index in [1.54, 1.807) is 11.8 Å². The molecule has 1 heterocycles. The summed E-state index contributed by atoms with van der Waals surface area (Å²) in [4.78, 5) is 1.30. The number of thioether (sulfide) groups is 1. The van der Waals surface area contributed by atoms with Gasteiger partial charge >= 0.3 is 7.12 Å². The molecular formula is C16H23BO2S. The van der Waals surface area contributed by atoms with Gasteiger partial charge in [0.05, 0.1) is 11.2 Å². The van der Waals surface area contributed by atoms with Gasteiger partial charge in [0, 0.05) is 4.90 Å². The second-order valence-corrected chi connectivity index (χ2v) is 6.98. The summed E-state index contributed by atoms with van der Waals surface area (Å²) in [7, 11) is -0.245. The third kappa shape index (κ3) is 3.49. The summed E-state index contributed by atoms with van der Waals surface area (Å²) in [5.41, 5.74) is 0.778. The van der Waals surface area contributed by atoms with Crippen molar-refractivity contribution in [1.82, 2.24) is 0 Å². The van der Waals surface area contributed by atoms with Gasteiger partial charge in [-0.3, -0.25) is 0 Å². The average Bonchev–Trinajstić information content (AvgIpc) is 2.58. The first-order chi connectivity index (χ1) is 9.34. The molecule has 1 fully saturated rings. The van der Waals surface area contributed by atoms with Gasteiger partial charge in [-0.2, -0.15) is 0 Å². The van der Waals surface area contributed by atoms with E-state index < -0.39 is 0 Å². The van der Waals surface area contributed by atoms with Crippen LogP contribution >= 0.6 is 11.8 Å². The molecule has 1 aromatic rings. The van der Waals surface area contributed by atoms with Crippen molar-refractivity contribution in [3.63, 3.8) is 0 Å². The first-order valence-corrected chi connectivity index (χ1v) is 8.22. The molecule has 2 nitrogen and oxygen atoms in total. The summed E-state index contributed by atoms with van der Waals surface area (Å²) in [5.74, 6) is 2.01. The van der Waals surface area contributed by atoms with Gasteiger partial charge < -0.3 is 9.31 Å². The second-order valence-electron chi connectivity index (χ2n) is 6.11. The van der Waals surface area contributed by atoms with Crippen molar-refractivity contribution in [2.24, 2.45) is 0 Å². The molecule has 0 aromatic heterocycles. The average molecular weight is 290 g/mol. The molecule has 0 N–H and O–H groups in total. The first-order valence-electron chi connectivity index (χ1n) is 6.99. The third-order valence-corrected chi connectivity index (χ3v) is 4.82. The van der Waals surface area contributed by atoms with Gasteiger partial charge in [0.15, 0.2) is 0 Å². The van der Waals surface area contributed by atoms with Gasteiger partial charge in [-0.05, 0) is 58.1 Å². The lowest BCUT2D eigenvalue weighted by atomic mass is 9.89. The predicted octanol–water partition coefficient (Wildman–Crippen LogP) is 4.14. The SMILES string of the molecule is CSc1ccc(C/C=C/B2OC(C)(C)C(C)(C)O2)cc1. The van der Waals surface area contributed by atoms with Crippen molar-refractivity contribution in [3.8, 4) is 0 Å². The topological polar surface area (TPSA) is 18.5 Å². The van der Waals surface area contributed by atoms with Crippen LogP contribution in [0.2, 0.25) is 0 Å². The molecule has 1 aliphatic rings. The number of rotatable bonds is 4. The quantitative estimate of drug-likeness (QED) is 0.613. The molecule has 0 spiro atoms. The Hall–Kier alpha value is -0.705. The van der Waals surface area contributed by atoms with E-state index in [2.05, 4.69) is 64.3 Å². The maximum atomic E-state index is 5.93. The van der Waals surface area contributed by atoms with Crippen molar-refractivity contribution in [2.45, 2.75) is 50.2 Å². The van der Waals surface area contributed by atoms with E-state index in [1.807, 2.05) is 5.98 Å². The minimum Gasteiger partial charge on any atom is -0.400 e. The van der Waals surface area contributed by atoms with Gasteiger partial charge in [0.1, 0.15) is 0 Å². The van der Waals surface area contributed by atoms with Crippen LogP contribution in [0.4, 0.5) is 0 Å². The van der Waals surface area contributed by atoms with Crippen molar-refractivity contribution in [1.29, 1.82) is 0 Å². The molecule has 20 heavy (non-hydrogen) atoms. The Morgan fingerprint density at radius 1 is 1.05 bits per heavy atom. The van der Waals surface area contributed by atoms with Crippen molar-refractivity contribution >= 4 is 18.9 Å². The highest BCUT2D eigenvalue weighted by Crippen LogP contribution is 2.36. The smallest absolute Gasteiger partial charge is 0.400 e. The molecule has 1 aliphatic heterocycles. The fourth-order valence-electron chi connectivity index (χ4n) is 2.04. The van der Waals surface area contributed by atoms with Gasteiger partial charge in [-0.15, -0.1) is 11.8 Å². The Morgan fingerprint density at radius 2 is 1.60 bits per heavy atom. The summed E-state index contributed by atoms with van der Waals surface area (Å²) in [5, 5.41) is 0. The van der Waals surface area contributed by atoms with Crippen LogP contribution in [0.3, 0.4) is 0 Å². The van der Waals surface area contributed by atoms with Crippen LogP contribution in [0.5, 0.6) is 0 Å². The van der Waals surface area contributed by atoms with Gasteiger partial charge in [0.25, 0.3) is 0 Å². The minimum absolute atomic E-state index is 0.245. The van der Waals surface area contributed by atoms with E-state index in [9.17, 15) is 0 Å². The van der Waals surface area contributed by atoms with Gasteiger partial charge in [-0.1, -0.05) is 24.2 Å². The molecule has 1 saturated heterocycles. The highest BCUT2D eigenvalue weighted by Gasteiger charge is 2.49. The molecule has 0 unspecified atom stereocenters. The number of hydrogen-bond donors (Lipinski definition) is 0. The molecule has 0 atom stereocenters. The Bertz CT molecular complexity index is 464. The molecular weight excluding hydrogens is 267 g/mol.